The minimum atomic E-state index is -1.14. The Kier molecular flexibility index (Phi) is 4.65. The van der Waals surface area contributed by atoms with Gasteiger partial charge in [0.05, 0.1) is 11.6 Å². The van der Waals surface area contributed by atoms with Crippen LogP contribution in [0.4, 0.5) is 8.78 Å². The van der Waals surface area contributed by atoms with E-state index >= 15 is 0 Å². The van der Waals surface area contributed by atoms with Gasteiger partial charge in [-0.25, -0.2) is 8.78 Å². The van der Waals surface area contributed by atoms with E-state index in [1.165, 1.54) is 12.1 Å². The second-order valence-corrected chi connectivity index (χ2v) is 4.74. The molecule has 2 aromatic rings. The first kappa shape index (κ1) is 15.1. The third kappa shape index (κ3) is 3.44. The van der Waals surface area contributed by atoms with Crippen LogP contribution in [-0.4, -0.2) is 5.91 Å². The molecule has 2 rings (SSSR count). The number of carbonyl (C=O) groups is 1. The van der Waals surface area contributed by atoms with Crippen molar-refractivity contribution in [2.75, 3.05) is 0 Å². The first-order chi connectivity index (χ1) is 10.0. The number of nitrogens with one attached hydrogen (secondary N) is 1. The summed E-state index contributed by atoms with van der Waals surface area (Å²) in [4.78, 5) is 12.0. The molecule has 0 radical (unpaired) electrons. The summed E-state index contributed by atoms with van der Waals surface area (Å²) in [6.07, 6.45) is 0. The summed E-state index contributed by atoms with van der Waals surface area (Å²) in [5.41, 5.74) is 7.05. The lowest BCUT2D eigenvalue weighted by molar-refractivity contribution is 0.0934. The van der Waals surface area contributed by atoms with Gasteiger partial charge < -0.3 is 11.1 Å². The van der Waals surface area contributed by atoms with E-state index in [1.807, 2.05) is 24.3 Å². The number of hydrogen-bond donors (Lipinski definition) is 2. The lowest BCUT2D eigenvalue weighted by Gasteiger charge is -2.15. The number of halogens is 2. The molecule has 0 aliphatic heterocycles. The third-order valence-corrected chi connectivity index (χ3v) is 3.26. The zero-order chi connectivity index (χ0) is 15.4. The van der Waals surface area contributed by atoms with Crippen molar-refractivity contribution in [1.29, 1.82) is 0 Å². The SMILES string of the molecule is CC(NC(=O)c1cccc(F)c1F)c1ccc(CN)cc1. The maximum absolute atomic E-state index is 13.6. The van der Waals surface area contributed by atoms with Gasteiger partial charge in [-0.1, -0.05) is 30.3 Å². The van der Waals surface area contributed by atoms with Gasteiger partial charge in [0.25, 0.3) is 5.91 Å². The smallest absolute Gasteiger partial charge is 0.254 e. The molecule has 0 spiro atoms. The largest absolute Gasteiger partial charge is 0.345 e. The zero-order valence-corrected chi connectivity index (χ0v) is 11.6. The summed E-state index contributed by atoms with van der Waals surface area (Å²) in [7, 11) is 0. The fourth-order valence-electron chi connectivity index (χ4n) is 1.98. The standard InChI is InChI=1S/C16H16F2N2O/c1-10(12-7-5-11(9-19)6-8-12)20-16(21)13-3-2-4-14(17)15(13)18/h2-8,10H,9,19H2,1H3,(H,20,21). The molecule has 0 aliphatic rings. The van der Waals surface area contributed by atoms with Crippen LogP contribution < -0.4 is 11.1 Å². The number of nitrogens with two attached hydrogens (primary N) is 1. The summed E-state index contributed by atoms with van der Waals surface area (Å²) in [5, 5.41) is 2.64. The molecule has 3 nitrogen and oxygen atoms in total. The summed E-state index contributed by atoms with van der Waals surface area (Å²) in [5.74, 6) is -2.83. The quantitative estimate of drug-likeness (QED) is 0.909. The molecule has 5 heteroatoms. The predicted octanol–water partition coefficient (Wildman–Crippen LogP) is 2.91. The normalized spacial score (nSPS) is 12.0. The Morgan fingerprint density at radius 3 is 2.48 bits per heavy atom. The van der Waals surface area contributed by atoms with E-state index in [2.05, 4.69) is 5.32 Å². The fraction of sp³-hybridized carbons (Fsp3) is 0.188. The molecule has 0 aromatic heterocycles. The van der Waals surface area contributed by atoms with Crippen LogP contribution in [0.25, 0.3) is 0 Å². The molecule has 110 valence electrons. The average molecular weight is 290 g/mol. The Labute approximate surface area is 121 Å². The maximum Gasteiger partial charge on any atom is 0.254 e. The number of amides is 1. The fourth-order valence-corrected chi connectivity index (χ4v) is 1.98. The molecule has 0 fully saturated rings. The van der Waals surface area contributed by atoms with Crippen molar-refractivity contribution in [2.24, 2.45) is 5.73 Å². The molecule has 21 heavy (non-hydrogen) atoms. The number of benzene rings is 2. The van der Waals surface area contributed by atoms with E-state index in [-0.39, 0.29) is 11.6 Å². The molecule has 1 amide bonds. The third-order valence-electron chi connectivity index (χ3n) is 3.26. The van der Waals surface area contributed by atoms with E-state index in [4.69, 9.17) is 5.73 Å². The highest BCUT2D eigenvalue weighted by atomic mass is 19.2. The minimum absolute atomic E-state index is 0.305. The van der Waals surface area contributed by atoms with E-state index in [9.17, 15) is 13.6 Å². The molecular formula is C16H16F2N2O. The second-order valence-electron chi connectivity index (χ2n) is 4.74. The Bertz CT molecular complexity index is 641. The summed E-state index contributed by atoms with van der Waals surface area (Å²) in [6.45, 7) is 2.21. The number of hydrogen-bond acceptors (Lipinski definition) is 2. The highest BCUT2D eigenvalue weighted by Crippen LogP contribution is 2.16. The molecule has 0 saturated carbocycles. The highest BCUT2D eigenvalue weighted by molar-refractivity contribution is 5.94. The Balaban J connectivity index is 2.12. The first-order valence-electron chi connectivity index (χ1n) is 6.56. The van der Waals surface area contributed by atoms with Crippen LogP contribution in [0.1, 0.15) is 34.5 Å². The van der Waals surface area contributed by atoms with Crippen molar-refractivity contribution in [3.8, 4) is 0 Å². The van der Waals surface area contributed by atoms with E-state index in [1.54, 1.807) is 6.92 Å². The molecular weight excluding hydrogens is 274 g/mol. The maximum atomic E-state index is 13.6. The highest BCUT2D eigenvalue weighted by Gasteiger charge is 2.17. The lowest BCUT2D eigenvalue weighted by atomic mass is 10.1. The van der Waals surface area contributed by atoms with Crippen LogP contribution in [0.15, 0.2) is 42.5 Å². The monoisotopic (exact) mass is 290 g/mol. The van der Waals surface area contributed by atoms with Crippen molar-refractivity contribution in [1.82, 2.24) is 5.32 Å². The summed E-state index contributed by atoms with van der Waals surface area (Å²) >= 11 is 0. The summed E-state index contributed by atoms with van der Waals surface area (Å²) < 4.78 is 26.7. The van der Waals surface area contributed by atoms with Crippen LogP contribution in [0.2, 0.25) is 0 Å². The van der Waals surface area contributed by atoms with E-state index in [0.29, 0.717) is 6.54 Å². The molecule has 0 saturated heterocycles. The van der Waals surface area contributed by atoms with Crippen molar-refractivity contribution < 1.29 is 13.6 Å². The van der Waals surface area contributed by atoms with E-state index in [0.717, 1.165) is 17.2 Å². The van der Waals surface area contributed by atoms with Gasteiger partial charge in [-0.3, -0.25) is 4.79 Å². The number of rotatable bonds is 4. The van der Waals surface area contributed by atoms with Gasteiger partial charge in [0.15, 0.2) is 11.6 Å². The van der Waals surface area contributed by atoms with Crippen molar-refractivity contribution in [2.45, 2.75) is 19.5 Å². The zero-order valence-electron chi connectivity index (χ0n) is 11.6. The molecule has 0 aliphatic carbocycles. The van der Waals surface area contributed by atoms with Crippen molar-refractivity contribution in [3.05, 3.63) is 70.8 Å². The number of carbonyl (C=O) groups excluding carboxylic acids is 1. The van der Waals surface area contributed by atoms with Crippen molar-refractivity contribution in [3.63, 3.8) is 0 Å². The van der Waals surface area contributed by atoms with Gasteiger partial charge in [0.1, 0.15) is 0 Å². The summed E-state index contributed by atoms with van der Waals surface area (Å²) in [6, 6.07) is 10.6. The molecule has 0 bridgehead atoms. The van der Waals surface area contributed by atoms with Crippen LogP contribution in [0.3, 0.4) is 0 Å². The van der Waals surface area contributed by atoms with E-state index < -0.39 is 17.5 Å². The van der Waals surface area contributed by atoms with Gasteiger partial charge in [-0.15, -0.1) is 0 Å². The van der Waals surface area contributed by atoms with Crippen molar-refractivity contribution >= 4 is 5.91 Å². The predicted molar refractivity (Wildman–Crippen MR) is 76.6 cm³/mol. The minimum Gasteiger partial charge on any atom is -0.345 e. The Hall–Kier alpha value is -2.27. The lowest BCUT2D eigenvalue weighted by Crippen LogP contribution is -2.27. The van der Waals surface area contributed by atoms with Gasteiger partial charge in [-0.2, -0.15) is 0 Å². The van der Waals surface area contributed by atoms with Gasteiger partial charge in [0, 0.05) is 6.54 Å². The van der Waals surface area contributed by atoms with Gasteiger partial charge in [-0.05, 0) is 30.2 Å². The van der Waals surface area contributed by atoms with Crippen LogP contribution >= 0.6 is 0 Å². The Morgan fingerprint density at radius 1 is 1.19 bits per heavy atom. The Morgan fingerprint density at radius 2 is 1.86 bits per heavy atom. The molecule has 2 aromatic carbocycles. The molecule has 0 heterocycles. The molecule has 1 unspecified atom stereocenters. The van der Waals surface area contributed by atoms with Gasteiger partial charge >= 0.3 is 0 Å². The topological polar surface area (TPSA) is 55.1 Å². The molecule has 1 atom stereocenters. The first-order valence-corrected chi connectivity index (χ1v) is 6.56. The van der Waals surface area contributed by atoms with Crippen LogP contribution in [0.5, 0.6) is 0 Å². The van der Waals surface area contributed by atoms with Gasteiger partial charge in [0.2, 0.25) is 0 Å². The van der Waals surface area contributed by atoms with Crippen LogP contribution in [0, 0.1) is 11.6 Å². The second kappa shape index (κ2) is 6.45. The average Bonchev–Trinajstić information content (AvgIpc) is 2.50. The van der Waals surface area contributed by atoms with Crippen LogP contribution in [-0.2, 0) is 6.54 Å². The molecule has 3 N–H and O–H groups in total.